The number of ether oxygens (including phenoxy) is 1. The number of methoxy groups -OCH3 is 1. The van der Waals surface area contributed by atoms with Gasteiger partial charge in [0.15, 0.2) is 0 Å². The molecule has 2 aromatic rings. The molecule has 0 saturated carbocycles. The Morgan fingerprint density at radius 3 is 2.35 bits per heavy atom. The number of nitrogens with zero attached hydrogens (tertiary/aromatic N) is 1. The molecule has 0 heterocycles. The molecule has 23 heavy (non-hydrogen) atoms. The van der Waals surface area contributed by atoms with Crippen LogP contribution in [0.4, 0.5) is 10.1 Å². The van der Waals surface area contributed by atoms with Gasteiger partial charge in [-0.3, -0.25) is 9.10 Å². The molecule has 2 rings (SSSR count). The molecule has 0 bridgehead atoms. The first-order valence-corrected chi connectivity index (χ1v) is 8.69. The zero-order valence-corrected chi connectivity index (χ0v) is 14.5. The van der Waals surface area contributed by atoms with Gasteiger partial charge in [-0.15, -0.1) is 0 Å². The molecule has 122 valence electrons. The van der Waals surface area contributed by atoms with E-state index in [1.54, 1.807) is 24.3 Å². The lowest BCUT2D eigenvalue weighted by Gasteiger charge is -2.24. The van der Waals surface area contributed by atoms with Crippen LogP contribution in [0.3, 0.4) is 0 Å². The van der Waals surface area contributed by atoms with E-state index in [-0.39, 0.29) is 10.6 Å². The number of benzene rings is 2. The van der Waals surface area contributed by atoms with Crippen molar-refractivity contribution < 1.29 is 22.3 Å². The van der Waals surface area contributed by atoms with E-state index in [0.29, 0.717) is 4.47 Å². The standard InChI is InChI=1S/C15H13BrFNO4S/c1-22-15(19)10-18(14-5-3-2-4-13(14)16)23(20,21)12-8-6-11(17)7-9-12/h2-9H,10H2,1H3. The lowest BCUT2D eigenvalue weighted by molar-refractivity contribution is -0.138. The minimum absolute atomic E-state index is 0.126. The molecule has 0 atom stereocenters. The molecule has 0 amide bonds. The minimum atomic E-state index is -4.06. The lowest BCUT2D eigenvalue weighted by Crippen LogP contribution is -2.36. The second kappa shape index (κ2) is 7.10. The zero-order chi connectivity index (χ0) is 17.0. The van der Waals surface area contributed by atoms with Crippen molar-refractivity contribution >= 4 is 37.6 Å². The fourth-order valence-electron chi connectivity index (χ4n) is 1.87. The monoisotopic (exact) mass is 401 g/mol. The Hall–Kier alpha value is -1.93. The predicted octanol–water partition coefficient (Wildman–Crippen LogP) is 2.96. The summed E-state index contributed by atoms with van der Waals surface area (Å²) in [7, 11) is -2.89. The summed E-state index contributed by atoms with van der Waals surface area (Å²) in [6, 6.07) is 10.9. The highest BCUT2D eigenvalue weighted by Crippen LogP contribution is 2.30. The largest absolute Gasteiger partial charge is 0.468 e. The summed E-state index contributed by atoms with van der Waals surface area (Å²) in [4.78, 5) is 11.5. The van der Waals surface area contributed by atoms with E-state index in [1.165, 1.54) is 7.11 Å². The maximum atomic E-state index is 13.0. The minimum Gasteiger partial charge on any atom is -0.468 e. The van der Waals surface area contributed by atoms with E-state index in [0.717, 1.165) is 28.6 Å². The summed E-state index contributed by atoms with van der Waals surface area (Å²) >= 11 is 3.27. The van der Waals surface area contributed by atoms with Crippen molar-refractivity contribution in [2.75, 3.05) is 18.0 Å². The van der Waals surface area contributed by atoms with E-state index in [4.69, 9.17) is 0 Å². The Morgan fingerprint density at radius 1 is 1.17 bits per heavy atom. The highest BCUT2D eigenvalue weighted by atomic mass is 79.9. The molecule has 5 nitrogen and oxygen atoms in total. The Morgan fingerprint density at radius 2 is 1.78 bits per heavy atom. The summed E-state index contributed by atoms with van der Waals surface area (Å²) in [6.07, 6.45) is 0. The molecule has 0 fully saturated rings. The number of rotatable bonds is 5. The van der Waals surface area contributed by atoms with Crippen LogP contribution in [0.5, 0.6) is 0 Å². The van der Waals surface area contributed by atoms with E-state index in [1.807, 2.05) is 0 Å². The van der Waals surface area contributed by atoms with Crippen LogP contribution < -0.4 is 4.31 Å². The van der Waals surface area contributed by atoms with Crippen molar-refractivity contribution in [1.29, 1.82) is 0 Å². The number of esters is 1. The van der Waals surface area contributed by atoms with E-state index in [9.17, 15) is 17.6 Å². The van der Waals surface area contributed by atoms with Crippen LogP contribution in [0.15, 0.2) is 57.9 Å². The number of carbonyl (C=O) groups excluding carboxylic acids is 1. The number of para-hydroxylation sites is 1. The number of carbonyl (C=O) groups is 1. The summed E-state index contributed by atoms with van der Waals surface area (Å²) < 4.78 is 44.7. The molecule has 0 radical (unpaired) electrons. The second-order valence-electron chi connectivity index (χ2n) is 4.49. The topological polar surface area (TPSA) is 63.7 Å². The van der Waals surface area contributed by atoms with Crippen molar-refractivity contribution in [2.24, 2.45) is 0 Å². The van der Waals surface area contributed by atoms with Crippen molar-refractivity contribution in [1.82, 2.24) is 0 Å². The summed E-state index contributed by atoms with van der Waals surface area (Å²) in [5, 5.41) is 0. The first-order valence-electron chi connectivity index (χ1n) is 6.46. The van der Waals surface area contributed by atoms with Gasteiger partial charge in [-0.05, 0) is 52.3 Å². The maximum absolute atomic E-state index is 13.0. The molecular formula is C15H13BrFNO4S. The van der Waals surface area contributed by atoms with Crippen LogP contribution >= 0.6 is 15.9 Å². The van der Waals surface area contributed by atoms with Gasteiger partial charge >= 0.3 is 5.97 Å². The molecule has 0 aromatic heterocycles. The third-order valence-electron chi connectivity index (χ3n) is 3.02. The van der Waals surface area contributed by atoms with Gasteiger partial charge in [0.05, 0.1) is 17.7 Å². The number of anilines is 1. The van der Waals surface area contributed by atoms with Gasteiger partial charge in [0, 0.05) is 4.47 Å². The van der Waals surface area contributed by atoms with E-state index < -0.39 is 28.4 Å². The molecule has 0 unspecified atom stereocenters. The Kier molecular flexibility index (Phi) is 5.38. The molecule has 0 N–H and O–H groups in total. The first kappa shape index (κ1) is 17.4. The van der Waals surface area contributed by atoms with Crippen molar-refractivity contribution in [3.05, 3.63) is 58.8 Å². The maximum Gasteiger partial charge on any atom is 0.326 e. The van der Waals surface area contributed by atoms with Gasteiger partial charge < -0.3 is 4.74 Å². The van der Waals surface area contributed by atoms with Crippen molar-refractivity contribution in [3.63, 3.8) is 0 Å². The molecule has 0 spiro atoms. The number of halogens is 2. The third-order valence-corrected chi connectivity index (χ3v) is 5.47. The van der Waals surface area contributed by atoms with Gasteiger partial charge in [0.2, 0.25) is 0 Å². The zero-order valence-electron chi connectivity index (χ0n) is 12.1. The molecule has 0 aliphatic rings. The summed E-state index contributed by atoms with van der Waals surface area (Å²) in [5.41, 5.74) is 0.280. The highest BCUT2D eigenvalue weighted by Gasteiger charge is 2.28. The number of hydrogen-bond acceptors (Lipinski definition) is 4. The Balaban J connectivity index is 2.54. The van der Waals surface area contributed by atoms with Gasteiger partial charge in [0.25, 0.3) is 10.0 Å². The Bertz CT molecular complexity index is 808. The lowest BCUT2D eigenvalue weighted by atomic mass is 10.3. The van der Waals surface area contributed by atoms with Crippen molar-refractivity contribution in [3.8, 4) is 0 Å². The van der Waals surface area contributed by atoms with Gasteiger partial charge in [-0.1, -0.05) is 12.1 Å². The molecule has 0 saturated heterocycles. The van der Waals surface area contributed by atoms with Crippen LogP contribution in [0, 0.1) is 5.82 Å². The highest BCUT2D eigenvalue weighted by molar-refractivity contribution is 9.10. The molecular weight excluding hydrogens is 389 g/mol. The average Bonchev–Trinajstić information content (AvgIpc) is 2.53. The molecule has 8 heteroatoms. The fraction of sp³-hybridized carbons (Fsp3) is 0.133. The summed E-state index contributed by atoms with van der Waals surface area (Å²) in [6.45, 7) is -0.501. The second-order valence-corrected chi connectivity index (χ2v) is 7.21. The van der Waals surface area contributed by atoms with Crippen molar-refractivity contribution in [2.45, 2.75) is 4.90 Å². The quantitative estimate of drug-likeness (QED) is 0.722. The predicted molar refractivity (Wildman–Crippen MR) is 87.1 cm³/mol. The van der Waals surface area contributed by atoms with Gasteiger partial charge in [-0.25, -0.2) is 12.8 Å². The third kappa shape index (κ3) is 3.89. The average molecular weight is 402 g/mol. The molecule has 0 aliphatic heterocycles. The van der Waals surface area contributed by atoms with Crippen LogP contribution in [-0.2, 0) is 19.6 Å². The molecule has 0 aliphatic carbocycles. The van der Waals surface area contributed by atoms with E-state index in [2.05, 4.69) is 20.7 Å². The first-order chi connectivity index (χ1) is 10.9. The smallest absolute Gasteiger partial charge is 0.326 e. The fourth-order valence-corrected chi connectivity index (χ4v) is 3.91. The number of hydrogen-bond donors (Lipinski definition) is 0. The van der Waals surface area contributed by atoms with Crippen LogP contribution in [0.1, 0.15) is 0 Å². The van der Waals surface area contributed by atoms with Gasteiger partial charge in [0.1, 0.15) is 12.4 Å². The van der Waals surface area contributed by atoms with Crippen LogP contribution in [0.25, 0.3) is 0 Å². The SMILES string of the molecule is COC(=O)CN(c1ccccc1Br)S(=O)(=O)c1ccc(F)cc1. The number of sulfonamides is 1. The summed E-state index contributed by atoms with van der Waals surface area (Å²) in [5.74, 6) is -1.27. The van der Waals surface area contributed by atoms with E-state index >= 15 is 0 Å². The molecule has 2 aromatic carbocycles. The van der Waals surface area contributed by atoms with Crippen LogP contribution in [0.2, 0.25) is 0 Å². The Labute approximate surface area is 141 Å². The van der Waals surface area contributed by atoms with Gasteiger partial charge in [-0.2, -0.15) is 0 Å². The normalized spacial score (nSPS) is 11.1. The van der Waals surface area contributed by atoms with Crippen LogP contribution in [-0.4, -0.2) is 28.0 Å².